The maximum Gasteiger partial charge on any atom is 0.263 e. The molecule has 0 bridgehead atoms. The van der Waals surface area contributed by atoms with Crippen LogP contribution in [-0.2, 0) is 19.6 Å². The Morgan fingerprint density at radius 3 is 2.82 bits per heavy atom. The predicted molar refractivity (Wildman–Crippen MR) is 60.2 cm³/mol. The van der Waals surface area contributed by atoms with Crippen LogP contribution in [0, 0.1) is 0 Å². The molecule has 2 heterocycles. The van der Waals surface area contributed by atoms with Gasteiger partial charge in [0.15, 0.2) is 0 Å². The van der Waals surface area contributed by atoms with E-state index in [4.69, 9.17) is 10.6 Å². The molecule has 0 aliphatic carbocycles. The van der Waals surface area contributed by atoms with Crippen LogP contribution in [0.1, 0.15) is 19.3 Å². The van der Waals surface area contributed by atoms with Gasteiger partial charge in [-0.15, -0.1) is 0 Å². The molecule has 98 valence electrons. The fourth-order valence-corrected chi connectivity index (χ4v) is 3.80. The van der Waals surface area contributed by atoms with Crippen molar-refractivity contribution in [1.29, 1.82) is 0 Å². The van der Waals surface area contributed by atoms with Gasteiger partial charge in [-0.25, -0.2) is 14.3 Å². The molecular weight excluding hydrogens is 246 g/mol. The highest BCUT2D eigenvalue weighted by Gasteiger charge is 2.35. The van der Waals surface area contributed by atoms with Crippen molar-refractivity contribution < 1.29 is 17.9 Å². The summed E-state index contributed by atoms with van der Waals surface area (Å²) >= 11 is 0. The molecule has 7 nitrogen and oxygen atoms in total. The van der Waals surface area contributed by atoms with Crippen molar-refractivity contribution in [2.75, 3.05) is 18.8 Å². The van der Waals surface area contributed by atoms with Gasteiger partial charge in [0.25, 0.3) is 5.91 Å². The number of nitrogens with two attached hydrogens (primary N) is 1. The Morgan fingerprint density at radius 1 is 1.47 bits per heavy atom. The molecule has 2 rings (SSSR count). The topological polar surface area (TPSA) is 102 Å². The van der Waals surface area contributed by atoms with E-state index in [0.29, 0.717) is 32.4 Å². The summed E-state index contributed by atoms with van der Waals surface area (Å²) in [6, 6.07) is 0. The quantitative estimate of drug-likeness (QED) is 0.369. The van der Waals surface area contributed by atoms with E-state index in [9.17, 15) is 13.2 Å². The maximum absolute atomic E-state index is 11.6. The third-order valence-electron chi connectivity index (χ3n) is 3.15. The summed E-state index contributed by atoms with van der Waals surface area (Å²) in [5.41, 5.74) is 2.04. The van der Waals surface area contributed by atoms with Crippen LogP contribution >= 0.6 is 0 Å². The summed E-state index contributed by atoms with van der Waals surface area (Å²) in [5.74, 6) is 4.88. The van der Waals surface area contributed by atoms with Gasteiger partial charge in [0.2, 0.25) is 10.0 Å². The number of rotatable bonds is 3. The molecule has 8 heteroatoms. The van der Waals surface area contributed by atoms with Gasteiger partial charge in [0.1, 0.15) is 6.10 Å². The van der Waals surface area contributed by atoms with Crippen LogP contribution in [0.2, 0.25) is 0 Å². The summed E-state index contributed by atoms with van der Waals surface area (Å²) in [5, 5.41) is 0. The lowest BCUT2D eigenvalue weighted by molar-refractivity contribution is -0.132. The Kier molecular flexibility index (Phi) is 3.67. The lowest BCUT2D eigenvalue weighted by Gasteiger charge is -2.19. The van der Waals surface area contributed by atoms with E-state index >= 15 is 0 Å². The SMILES string of the molecule is NNC(=O)C1CCC(CN2CCCS2(=O)=O)O1. The van der Waals surface area contributed by atoms with Gasteiger partial charge in [-0.1, -0.05) is 0 Å². The summed E-state index contributed by atoms with van der Waals surface area (Å²) < 4.78 is 30.1. The van der Waals surface area contributed by atoms with E-state index in [1.54, 1.807) is 0 Å². The van der Waals surface area contributed by atoms with Crippen molar-refractivity contribution in [3.05, 3.63) is 0 Å². The lowest BCUT2D eigenvalue weighted by atomic mass is 10.2. The molecule has 2 fully saturated rings. The van der Waals surface area contributed by atoms with E-state index in [1.807, 2.05) is 5.43 Å². The standard InChI is InChI=1S/C9H17N3O4S/c10-11-9(13)8-3-2-7(16-8)6-12-4-1-5-17(12,14)15/h7-8H,1-6,10H2,(H,11,13). The summed E-state index contributed by atoms with van der Waals surface area (Å²) in [6.45, 7) is 0.895. The van der Waals surface area contributed by atoms with E-state index in [1.165, 1.54) is 4.31 Å². The largest absolute Gasteiger partial charge is 0.364 e. The molecule has 2 aliphatic rings. The zero-order valence-electron chi connectivity index (χ0n) is 9.46. The first-order valence-corrected chi connectivity index (χ1v) is 7.27. The lowest BCUT2D eigenvalue weighted by Crippen LogP contribution is -2.40. The summed E-state index contributed by atoms with van der Waals surface area (Å²) in [6.07, 6.45) is 1.19. The maximum atomic E-state index is 11.6. The van der Waals surface area contributed by atoms with Gasteiger partial charge < -0.3 is 4.74 Å². The van der Waals surface area contributed by atoms with E-state index in [0.717, 1.165) is 0 Å². The third-order valence-corrected chi connectivity index (χ3v) is 5.08. The molecule has 17 heavy (non-hydrogen) atoms. The van der Waals surface area contributed by atoms with Crippen molar-refractivity contribution in [3.8, 4) is 0 Å². The van der Waals surface area contributed by atoms with Crippen LogP contribution in [0.4, 0.5) is 0 Å². The number of nitrogens with zero attached hydrogens (tertiary/aromatic N) is 1. The highest BCUT2D eigenvalue weighted by atomic mass is 32.2. The van der Waals surface area contributed by atoms with Crippen molar-refractivity contribution in [2.45, 2.75) is 31.5 Å². The number of ether oxygens (including phenoxy) is 1. The van der Waals surface area contributed by atoms with Gasteiger partial charge in [0.05, 0.1) is 11.9 Å². The monoisotopic (exact) mass is 263 g/mol. The molecule has 0 aromatic rings. The molecule has 0 spiro atoms. The Morgan fingerprint density at radius 2 is 2.24 bits per heavy atom. The zero-order chi connectivity index (χ0) is 12.5. The van der Waals surface area contributed by atoms with Gasteiger partial charge in [-0.3, -0.25) is 10.2 Å². The highest BCUT2D eigenvalue weighted by Crippen LogP contribution is 2.23. The molecule has 0 aromatic heterocycles. The Bertz CT molecular complexity index is 397. The second kappa shape index (κ2) is 4.89. The molecule has 2 unspecified atom stereocenters. The Balaban J connectivity index is 1.88. The Labute approximate surface area is 100 Å². The molecule has 0 saturated carbocycles. The second-order valence-electron chi connectivity index (χ2n) is 4.36. The van der Waals surface area contributed by atoms with Crippen molar-refractivity contribution in [1.82, 2.24) is 9.73 Å². The normalized spacial score (nSPS) is 32.8. The minimum absolute atomic E-state index is 0.204. The number of carbonyl (C=O) groups excluding carboxylic acids is 1. The minimum Gasteiger partial charge on any atom is -0.364 e. The van der Waals surface area contributed by atoms with Crippen LogP contribution in [0.15, 0.2) is 0 Å². The molecule has 0 radical (unpaired) electrons. The summed E-state index contributed by atoms with van der Waals surface area (Å²) in [4.78, 5) is 11.2. The first kappa shape index (κ1) is 12.7. The zero-order valence-corrected chi connectivity index (χ0v) is 10.3. The molecule has 0 aromatic carbocycles. The number of amides is 1. The van der Waals surface area contributed by atoms with Crippen LogP contribution in [0.25, 0.3) is 0 Å². The fraction of sp³-hybridized carbons (Fsp3) is 0.889. The van der Waals surface area contributed by atoms with E-state index in [2.05, 4.69) is 0 Å². The average Bonchev–Trinajstić information content (AvgIpc) is 2.86. The number of hydrogen-bond donors (Lipinski definition) is 2. The van der Waals surface area contributed by atoms with Crippen LogP contribution in [-0.4, -0.2) is 49.7 Å². The fourth-order valence-electron chi connectivity index (χ4n) is 2.25. The number of hydrazine groups is 1. The highest BCUT2D eigenvalue weighted by molar-refractivity contribution is 7.89. The Hall–Kier alpha value is -0.700. The molecule has 2 aliphatic heterocycles. The van der Waals surface area contributed by atoms with Crippen molar-refractivity contribution in [3.63, 3.8) is 0 Å². The first-order chi connectivity index (χ1) is 8.03. The van der Waals surface area contributed by atoms with E-state index < -0.39 is 16.1 Å². The van der Waals surface area contributed by atoms with Gasteiger partial charge in [-0.05, 0) is 19.3 Å². The predicted octanol–water partition coefficient (Wildman–Crippen LogP) is -1.44. The molecule has 2 atom stereocenters. The van der Waals surface area contributed by atoms with Gasteiger partial charge in [-0.2, -0.15) is 4.31 Å². The molecular formula is C9H17N3O4S. The van der Waals surface area contributed by atoms with Crippen LogP contribution in [0.3, 0.4) is 0 Å². The first-order valence-electron chi connectivity index (χ1n) is 5.66. The summed E-state index contributed by atoms with van der Waals surface area (Å²) in [7, 11) is -3.09. The van der Waals surface area contributed by atoms with Crippen molar-refractivity contribution >= 4 is 15.9 Å². The molecule has 1 amide bonds. The molecule has 3 N–H and O–H groups in total. The van der Waals surface area contributed by atoms with E-state index in [-0.39, 0.29) is 17.8 Å². The number of nitrogens with one attached hydrogen (secondary N) is 1. The number of carbonyl (C=O) groups is 1. The van der Waals surface area contributed by atoms with Gasteiger partial charge >= 0.3 is 0 Å². The number of hydrogen-bond acceptors (Lipinski definition) is 5. The minimum atomic E-state index is -3.09. The van der Waals surface area contributed by atoms with Gasteiger partial charge in [0, 0.05) is 13.1 Å². The van der Waals surface area contributed by atoms with Crippen molar-refractivity contribution in [2.24, 2.45) is 5.84 Å². The smallest absolute Gasteiger partial charge is 0.263 e. The van der Waals surface area contributed by atoms with Crippen LogP contribution in [0.5, 0.6) is 0 Å². The number of sulfonamides is 1. The second-order valence-corrected chi connectivity index (χ2v) is 6.45. The van der Waals surface area contributed by atoms with Crippen LogP contribution < -0.4 is 11.3 Å². The molecule has 2 saturated heterocycles. The third kappa shape index (κ3) is 2.76. The average molecular weight is 263 g/mol.